The van der Waals surface area contributed by atoms with E-state index in [1.165, 1.54) is 24.6 Å². The Bertz CT molecular complexity index is 646. The van der Waals surface area contributed by atoms with Gasteiger partial charge in [-0.3, -0.25) is 9.78 Å². The lowest BCUT2D eigenvalue weighted by Gasteiger charge is -2.23. The lowest BCUT2D eigenvalue weighted by Crippen LogP contribution is -2.28. The number of carbonyl (C=O) groups excluding carboxylic acids is 1. The van der Waals surface area contributed by atoms with Gasteiger partial charge in [-0.1, -0.05) is 19.1 Å². The maximum Gasteiger partial charge on any atom is 0.275 e. The molecule has 0 spiro atoms. The molecule has 120 valence electrons. The van der Waals surface area contributed by atoms with Crippen LogP contribution in [-0.4, -0.2) is 29.0 Å². The summed E-state index contributed by atoms with van der Waals surface area (Å²) < 4.78 is 0. The number of hydrogen-bond acceptors (Lipinski definition) is 4. The van der Waals surface area contributed by atoms with Gasteiger partial charge >= 0.3 is 0 Å². The third kappa shape index (κ3) is 3.93. The van der Waals surface area contributed by atoms with Crippen LogP contribution in [-0.2, 0) is 6.42 Å². The number of benzene rings is 1. The third-order valence-corrected chi connectivity index (χ3v) is 4.24. The predicted octanol–water partition coefficient (Wildman–Crippen LogP) is 2.76. The molecule has 2 N–H and O–H groups in total. The maximum atomic E-state index is 12.2. The molecule has 5 nitrogen and oxygen atoms in total. The molecule has 0 radical (unpaired) electrons. The molecular weight excluding hydrogens is 288 g/mol. The Morgan fingerprint density at radius 3 is 2.70 bits per heavy atom. The van der Waals surface area contributed by atoms with Gasteiger partial charge in [-0.15, -0.1) is 0 Å². The van der Waals surface area contributed by atoms with E-state index in [0.717, 1.165) is 30.9 Å². The zero-order valence-corrected chi connectivity index (χ0v) is 13.4. The molecule has 0 unspecified atom stereocenters. The standard InChI is InChI=1S/C18H22N4O/c1-2-15-11-21-17(12-20-15)18(23)22-16-7-5-13(6-8-16)14-4-3-9-19-10-14/h5-8,11-12,14,19H,2-4,9-10H2,1H3,(H,22,23)/t14-/m1/s1. The summed E-state index contributed by atoms with van der Waals surface area (Å²) in [5, 5.41) is 6.29. The fourth-order valence-corrected chi connectivity index (χ4v) is 2.82. The number of aryl methyl sites for hydroxylation is 1. The molecule has 23 heavy (non-hydrogen) atoms. The van der Waals surface area contributed by atoms with Gasteiger partial charge in [0.1, 0.15) is 5.69 Å². The molecule has 1 saturated heterocycles. The second-order valence-corrected chi connectivity index (χ2v) is 5.87. The molecule has 2 heterocycles. The van der Waals surface area contributed by atoms with Crippen molar-refractivity contribution >= 4 is 11.6 Å². The van der Waals surface area contributed by atoms with Crippen molar-refractivity contribution in [1.82, 2.24) is 15.3 Å². The Labute approximate surface area is 136 Å². The van der Waals surface area contributed by atoms with Crippen LogP contribution < -0.4 is 10.6 Å². The molecule has 2 aromatic rings. The molecule has 3 rings (SSSR count). The molecule has 0 saturated carbocycles. The first-order valence-electron chi connectivity index (χ1n) is 8.19. The van der Waals surface area contributed by atoms with Gasteiger partial charge in [0.15, 0.2) is 0 Å². The SMILES string of the molecule is CCc1cnc(C(=O)Nc2ccc([C@@H]3CCCNC3)cc2)cn1. The van der Waals surface area contributed by atoms with E-state index in [0.29, 0.717) is 11.6 Å². The molecule has 0 aliphatic carbocycles. The highest BCUT2D eigenvalue weighted by Crippen LogP contribution is 2.24. The van der Waals surface area contributed by atoms with E-state index in [-0.39, 0.29) is 5.91 Å². The van der Waals surface area contributed by atoms with Crippen LogP contribution in [0.3, 0.4) is 0 Å². The summed E-state index contributed by atoms with van der Waals surface area (Å²) in [7, 11) is 0. The Balaban J connectivity index is 1.63. The fraction of sp³-hybridized carbons (Fsp3) is 0.389. The average molecular weight is 310 g/mol. The first-order valence-corrected chi connectivity index (χ1v) is 8.19. The van der Waals surface area contributed by atoms with Crippen molar-refractivity contribution in [2.45, 2.75) is 32.1 Å². The number of aromatic nitrogens is 2. The molecular formula is C18H22N4O. The van der Waals surface area contributed by atoms with Crippen LogP contribution in [0.25, 0.3) is 0 Å². The van der Waals surface area contributed by atoms with Crippen molar-refractivity contribution in [1.29, 1.82) is 0 Å². The Hall–Kier alpha value is -2.27. The van der Waals surface area contributed by atoms with Crippen LogP contribution >= 0.6 is 0 Å². The molecule has 1 aromatic heterocycles. The molecule has 1 aromatic carbocycles. The molecule has 1 amide bonds. The Morgan fingerprint density at radius 2 is 2.09 bits per heavy atom. The van der Waals surface area contributed by atoms with Crippen molar-refractivity contribution in [2.75, 3.05) is 18.4 Å². The average Bonchev–Trinajstić information content (AvgIpc) is 2.63. The zero-order valence-electron chi connectivity index (χ0n) is 13.4. The number of amides is 1. The minimum absolute atomic E-state index is 0.229. The Morgan fingerprint density at radius 1 is 1.26 bits per heavy atom. The van der Waals surface area contributed by atoms with Gasteiger partial charge in [-0.25, -0.2) is 4.98 Å². The lowest BCUT2D eigenvalue weighted by molar-refractivity contribution is 0.102. The molecule has 1 aliphatic heterocycles. The summed E-state index contributed by atoms with van der Waals surface area (Å²) >= 11 is 0. The summed E-state index contributed by atoms with van der Waals surface area (Å²) in [5.41, 5.74) is 3.32. The summed E-state index contributed by atoms with van der Waals surface area (Å²) in [4.78, 5) is 20.5. The summed E-state index contributed by atoms with van der Waals surface area (Å²) in [6.45, 7) is 4.15. The zero-order chi connectivity index (χ0) is 16.1. The lowest BCUT2D eigenvalue weighted by atomic mass is 9.92. The van der Waals surface area contributed by atoms with Crippen LogP contribution in [0.4, 0.5) is 5.69 Å². The van der Waals surface area contributed by atoms with Crippen LogP contribution in [0.1, 0.15) is 47.4 Å². The van der Waals surface area contributed by atoms with E-state index in [1.807, 2.05) is 19.1 Å². The first-order chi connectivity index (χ1) is 11.3. The highest BCUT2D eigenvalue weighted by atomic mass is 16.1. The van der Waals surface area contributed by atoms with Crippen molar-refractivity contribution in [3.8, 4) is 0 Å². The summed E-state index contributed by atoms with van der Waals surface area (Å²) in [5.74, 6) is 0.341. The van der Waals surface area contributed by atoms with Crippen LogP contribution in [0, 0.1) is 0 Å². The topological polar surface area (TPSA) is 66.9 Å². The number of rotatable bonds is 4. The van der Waals surface area contributed by atoms with E-state index in [4.69, 9.17) is 0 Å². The number of anilines is 1. The van der Waals surface area contributed by atoms with Crippen molar-refractivity contribution in [3.63, 3.8) is 0 Å². The van der Waals surface area contributed by atoms with Gasteiger partial charge in [0.25, 0.3) is 5.91 Å². The second kappa shape index (κ2) is 7.33. The van der Waals surface area contributed by atoms with Gasteiger partial charge in [-0.2, -0.15) is 0 Å². The Kier molecular flexibility index (Phi) is 4.98. The number of nitrogens with zero attached hydrogens (tertiary/aromatic N) is 2. The monoisotopic (exact) mass is 310 g/mol. The van der Waals surface area contributed by atoms with E-state index >= 15 is 0 Å². The van der Waals surface area contributed by atoms with Crippen molar-refractivity contribution < 1.29 is 4.79 Å². The van der Waals surface area contributed by atoms with Gasteiger partial charge in [0.2, 0.25) is 0 Å². The summed E-state index contributed by atoms with van der Waals surface area (Å²) in [6.07, 6.45) is 6.42. The van der Waals surface area contributed by atoms with Gasteiger partial charge in [-0.05, 0) is 49.4 Å². The van der Waals surface area contributed by atoms with Gasteiger partial charge in [0.05, 0.1) is 11.9 Å². The highest BCUT2D eigenvalue weighted by molar-refractivity contribution is 6.02. The molecule has 1 atom stereocenters. The molecule has 1 fully saturated rings. The highest BCUT2D eigenvalue weighted by Gasteiger charge is 2.15. The number of carbonyl (C=O) groups is 1. The second-order valence-electron chi connectivity index (χ2n) is 5.87. The number of piperidine rings is 1. The molecule has 1 aliphatic rings. The van der Waals surface area contributed by atoms with Gasteiger partial charge < -0.3 is 10.6 Å². The normalized spacial score (nSPS) is 17.7. The van der Waals surface area contributed by atoms with E-state index in [9.17, 15) is 4.79 Å². The number of hydrogen-bond donors (Lipinski definition) is 2. The van der Waals surface area contributed by atoms with Gasteiger partial charge in [0, 0.05) is 18.4 Å². The minimum atomic E-state index is -0.229. The predicted molar refractivity (Wildman–Crippen MR) is 90.6 cm³/mol. The van der Waals surface area contributed by atoms with Crippen LogP contribution in [0.5, 0.6) is 0 Å². The number of nitrogens with one attached hydrogen (secondary N) is 2. The quantitative estimate of drug-likeness (QED) is 0.911. The fourth-order valence-electron chi connectivity index (χ4n) is 2.82. The molecule has 5 heteroatoms. The van der Waals surface area contributed by atoms with Crippen molar-refractivity contribution in [3.05, 3.63) is 53.6 Å². The van der Waals surface area contributed by atoms with Crippen LogP contribution in [0.15, 0.2) is 36.7 Å². The molecule has 0 bridgehead atoms. The van der Waals surface area contributed by atoms with Crippen LogP contribution in [0.2, 0.25) is 0 Å². The summed E-state index contributed by atoms with van der Waals surface area (Å²) in [6, 6.07) is 8.10. The minimum Gasteiger partial charge on any atom is -0.321 e. The smallest absolute Gasteiger partial charge is 0.275 e. The van der Waals surface area contributed by atoms with E-state index < -0.39 is 0 Å². The van der Waals surface area contributed by atoms with E-state index in [1.54, 1.807) is 6.20 Å². The first kappa shape index (κ1) is 15.6. The largest absolute Gasteiger partial charge is 0.321 e. The van der Waals surface area contributed by atoms with Crippen molar-refractivity contribution in [2.24, 2.45) is 0 Å². The third-order valence-electron chi connectivity index (χ3n) is 4.24. The maximum absolute atomic E-state index is 12.2. The van der Waals surface area contributed by atoms with E-state index in [2.05, 4.69) is 32.7 Å².